The van der Waals surface area contributed by atoms with Crippen molar-refractivity contribution in [2.24, 2.45) is 0 Å². The zero-order chi connectivity index (χ0) is 25.9. The Kier molecular flexibility index (Phi) is 7.66. The third kappa shape index (κ3) is 5.71. The summed E-state index contributed by atoms with van der Waals surface area (Å²) >= 11 is 6.22. The number of hydrogen-bond donors (Lipinski definition) is 2. The van der Waals surface area contributed by atoms with Gasteiger partial charge in [0.05, 0.1) is 16.3 Å². The van der Waals surface area contributed by atoms with Crippen LogP contribution in [-0.4, -0.2) is 38.2 Å². The van der Waals surface area contributed by atoms with E-state index in [0.717, 1.165) is 30.4 Å². The van der Waals surface area contributed by atoms with E-state index >= 15 is 0 Å². The van der Waals surface area contributed by atoms with Gasteiger partial charge in [0.25, 0.3) is 21.8 Å². The fourth-order valence-electron chi connectivity index (χ4n) is 4.11. The van der Waals surface area contributed by atoms with Crippen LogP contribution in [0.3, 0.4) is 0 Å². The standard InChI is InChI=1S/C27H28ClN3O4S/c1-18-10-12-21(16-19(18)2)30-36(34,35)25-17-20(11-13-23(25)28)26(32)29-24-9-5-4-8-22(24)27(33)31-14-6-3-7-15-31/h4-5,8-13,16-17,30H,3,6-7,14-15H2,1-2H3,(H,29,32). The molecule has 3 aromatic rings. The Labute approximate surface area is 216 Å². The van der Waals surface area contributed by atoms with Gasteiger partial charge in [0.2, 0.25) is 0 Å². The number of nitrogens with zero attached hydrogens (tertiary/aromatic N) is 1. The molecule has 0 spiro atoms. The molecular weight excluding hydrogens is 498 g/mol. The molecule has 1 aliphatic heterocycles. The number of nitrogens with one attached hydrogen (secondary N) is 2. The van der Waals surface area contributed by atoms with Crippen LogP contribution in [0.4, 0.5) is 11.4 Å². The van der Waals surface area contributed by atoms with Crippen LogP contribution in [-0.2, 0) is 10.0 Å². The fourth-order valence-corrected chi connectivity index (χ4v) is 5.68. The lowest BCUT2D eigenvalue weighted by Crippen LogP contribution is -2.36. The number of anilines is 2. The maximum Gasteiger partial charge on any atom is 0.263 e. The molecule has 0 saturated carbocycles. The minimum Gasteiger partial charge on any atom is -0.339 e. The van der Waals surface area contributed by atoms with Gasteiger partial charge in [-0.2, -0.15) is 0 Å². The average Bonchev–Trinajstić information content (AvgIpc) is 2.86. The molecule has 1 aliphatic rings. The fraction of sp³-hybridized carbons (Fsp3) is 0.259. The quantitative estimate of drug-likeness (QED) is 0.435. The van der Waals surface area contributed by atoms with Crippen molar-refractivity contribution < 1.29 is 18.0 Å². The number of amides is 2. The summed E-state index contributed by atoms with van der Waals surface area (Å²) < 4.78 is 28.7. The van der Waals surface area contributed by atoms with E-state index in [1.54, 1.807) is 41.3 Å². The molecule has 4 rings (SSSR count). The maximum absolute atomic E-state index is 13.1. The minimum absolute atomic E-state index is 0.0106. The van der Waals surface area contributed by atoms with Crippen molar-refractivity contribution in [2.45, 2.75) is 38.0 Å². The van der Waals surface area contributed by atoms with E-state index in [4.69, 9.17) is 11.6 Å². The molecule has 1 saturated heterocycles. The SMILES string of the molecule is Cc1ccc(NS(=O)(=O)c2cc(C(=O)Nc3ccccc3C(=O)N3CCCCC3)ccc2Cl)cc1C. The van der Waals surface area contributed by atoms with Crippen LogP contribution in [0.2, 0.25) is 5.02 Å². The maximum atomic E-state index is 13.1. The van der Waals surface area contributed by atoms with Crippen molar-refractivity contribution in [3.63, 3.8) is 0 Å². The van der Waals surface area contributed by atoms with Crippen LogP contribution >= 0.6 is 11.6 Å². The molecule has 188 valence electrons. The zero-order valence-electron chi connectivity index (χ0n) is 20.2. The molecule has 36 heavy (non-hydrogen) atoms. The van der Waals surface area contributed by atoms with Crippen LogP contribution in [0.15, 0.2) is 65.6 Å². The Hall–Kier alpha value is -3.36. The molecule has 1 heterocycles. The second kappa shape index (κ2) is 10.7. The lowest BCUT2D eigenvalue weighted by Gasteiger charge is -2.27. The summed E-state index contributed by atoms with van der Waals surface area (Å²) in [5, 5.41) is 2.75. The Morgan fingerprint density at radius 2 is 1.61 bits per heavy atom. The molecule has 7 nitrogen and oxygen atoms in total. The monoisotopic (exact) mass is 525 g/mol. The van der Waals surface area contributed by atoms with Crippen molar-refractivity contribution >= 4 is 44.8 Å². The van der Waals surface area contributed by atoms with Crippen LogP contribution < -0.4 is 10.0 Å². The topological polar surface area (TPSA) is 95.6 Å². The van der Waals surface area contributed by atoms with E-state index < -0.39 is 15.9 Å². The predicted molar refractivity (Wildman–Crippen MR) is 142 cm³/mol. The number of piperidine rings is 1. The largest absolute Gasteiger partial charge is 0.339 e. The predicted octanol–water partition coefficient (Wildman–Crippen LogP) is 5.64. The molecule has 0 atom stereocenters. The van der Waals surface area contributed by atoms with E-state index in [2.05, 4.69) is 10.0 Å². The van der Waals surface area contributed by atoms with E-state index in [1.165, 1.54) is 18.2 Å². The molecule has 3 aromatic carbocycles. The van der Waals surface area contributed by atoms with E-state index in [-0.39, 0.29) is 21.4 Å². The van der Waals surface area contributed by atoms with Crippen molar-refractivity contribution in [1.82, 2.24) is 4.90 Å². The van der Waals surface area contributed by atoms with Crippen molar-refractivity contribution in [3.8, 4) is 0 Å². The zero-order valence-corrected chi connectivity index (χ0v) is 21.7. The highest BCUT2D eigenvalue weighted by molar-refractivity contribution is 7.92. The van der Waals surface area contributed by atoms with Gasteiger partial charge in [-0.25, -0.2) is 8.42 Å². The summed E-state index contributed by atoms with van der Waals surface area (Å²) in [4.78, 5) is 27.7. The van der Waals surface area contributed by atoms with Crippen LogP contribution in [0.25, 0.3) is 0 Å². The Bertz CT molecular complexity index is 1420. The second-order valence-corrected chi connectivity index (χ2v) is 11.0. The number of para-hydroxylation sites is 1. The molecular formula is C27H28ClN3O4S. The van der Waals surface area contributed by atoms with E-state index in [9.17, 15) is 18.0 Å². The Morgan fingerprint density at radius 1 is 0.889 bits per heavy atom. The molecule has 0 aliphatic carbocycles. The van der Waals surface area contributed by atoms with Crippen molar-refractivity contribution in [3.05, 3.63) is 87.9 Å². The van der Waals surface area contributed by atoms with Gasteiger partial charge < -0.3 is 10.2 Å². The number of halogens is 1. The van der Waals surface area contributed by atoms with Crippen LogP contribution in [0.5, 0.6) is 0 Å². The number of benzene rings is 3. The molecule has 0 aromatic heterocycles. The Morgan fingerprint density at radius 3 is 2.33 bits per heavy atom. The molecule has 1 fully saturated rings. The Balaban J connectivity index is 1.58. The molecule has 2 N–H and O–H groups in total. The van der Waals surface area contributed by atoms with E-state index in [1.807, 2.05) is 19.9 Å². The lowest BCUT2D eigenvalue weighted by molar-refractivity contribution is 0.0725. The first-order chi connectivity index (χ1) is 17.2. The van der Waals surface area contributed by atoms with Crippen LogP contribution in [0.1, 0.15) is 51.1 Å². The first-order valence-electron chi connectivity index (χ1n) is 11.7. The number of aryl methyl sites for hydroxylation is 2. The van der Waals surface area contributed by atoms with Gasteiger partial charge in [-0.3, -0.25) is 14.3 Å². The normalized spacial score (nSPS) is 13.8. The lowest BCUT2D eigenvalue weighted by atomic mass is 10.1. The van der Waals surface area contributed by atoms with Crippen molar-refractivity contribution in [2.75, 3.05) is 23.1 Å². The highest BCUT2D eigenvalue weighted by Gasteiger charge is 2.23. The van der Waals surface area contributed by atoms with Gasteiger partial charge in [0, 0.05) is 24.3 Å². The number of sulfonamides is 1. The summed E-state index contributed by atoms with van der Waals surface area (Å²) in [5.74, 6) is -0.684. The van der Waals surface area contributed by atoms with Gasteiger partial charge in [0.1, 0.15) is 4.90 Å². The highest BCUT2D eigenvalue weighted by atomic mass is 35.5. The van der Waals surface area contributed by atoms with Gasteiger partial charge >= 0.3 is 0 Å². The minimum atomic E-state index is -4.06. The van der Waals surface area contributed by atoms with Gasteiger partial charge in [-0.15, -0.1) is 0 Å². The van der Waals surface area contributed by atoms with Gasteiger partial charge in [-0.05, 0) is 86.7 Å². The number of likely N-dealkylation sites (tertiary alicyclic amines) is 1. The first-order valence-corrected chi connectivity index (χ1v) is 13.6. The van der Waals surface area contributed by atoms with Gasteiger partial charge in [-0.1, -0.05) is 29.8 Å². The second-order valence-electron chi connectivity index (χ2n) is 8.90. The highest BCUT2D eigenvalue weighted by Crippen LogP contribution is 2.27. The van der Waals surface area contributed by atoms with Crippen LogP contribution in [0, 0.1) is 13.8 Å². The number of hydrogen-bond acceptors (Lipinski definition) is 4. The number of carbonyl (C=O) groups excluding carboxylic acids is 2. The number of rotatable bonds is 6. The van der Waals surface area contributed by atoms with Gasteiger partial charge in [0.15, 0.2) is 0 Å². The molecule has 9 heteroatoms. The molecule has 0 unspecified atom stereocenters. The molecule has 0 bridgehead atoms. The summed E-state index contributed by atoms with van der Waals surface area (Å²) in [6.07, 6.45) is 3.01. The average molecular weight is 526 g/mol. The van der Waals surface area contributed by atoms with E-state index in [0.29, 0.717) is 30.0 Å². The molecule has 2 amide bonds. The molecule has 0 radical (unpaired) electrons. The summed E-state index contributed by atoms with van der Waals surface area (Å²) in [6.45, 7) is 5.20. The third-order valence-electron chi connectivity index (χ3n) is 6.29. The summed E-state index contributed by atoms with van der Waals surface area (Å²) in [6, 6.07) is 16.1. The van der Waals surface area contributed by atoms with Crippen molar-refractivity contribution in [1.29, 1.82) is 0 Å². The summed E-state index contributed by atoms with van der Waals surface area (Å²) in [7, 11) is -4.06. The smallest absolute Gasteiger partial charge is 0.263 e. The number of carbonyl (C=O) groups is 2. The first kappa shape index (κ1) is 25.7. The summed E-state index contributed by atoms with van der Waals surface area (Å²) in [5.41, 5.74) is 3.23. The third-order valence-corrected chi connectivity index (χ3v) is 8.15.